The largest absolute Gasteiger partial charge is 0.324 e. The van der Waals surface area contributed by atoms with Crippen molar-refractivity contribution in [3.8, 4) is 0 Å². The minimum atomic E-state index is -0.251. The van der Waals surface area contributed by atoms with E-state index in [2.05, 4.69) is 28.0 Å². The normalized spacial score (nSPS) is 12.7. The summed E-state index contributed by atoms with van der Waals surface area (Å²) in [6.45, 7) is 4.01. The maximum absolute atomic E-state index is 13.4. The third-order valence-corrected chi connectivity index (χ3v) is 4.47. The highest BCUT2D eigenvalue weighted by atomic mass is 79.9. The number of aromatic nitrogens is 2. The number of rotatable bonds is 4. The fraction of sp³-hybridized carbons (Fsp3) is 0.400. The summed E-state index contributed by atoms with van der Waals surface area (Å²) in [5.74, 6) is -0.251. The second-order valence-electron chi connectivity index (χ2n) is 5.00. The van der Waals surface area contributed by atoms with Gasteiger partial charge in [-0.1, -0.05) is 13.0 Å². The van der Waals surface area contributed by atoms with E-state index in [1.54, 1.807) is 6.07 Å². The van der Waals surface area contributed by atoms with Crippen molar-refractivity contribution >= 4 is 15.9 Å². The van der Waals surface area contributed by atoms with Crippen molar-refractivity contribution in [3.05, 3.63) is 51.0 Å². The quantitative estimate of drug-likeness (QED) is 0.927. The van der Waals surface area contributed by atoms with Crippen molar-refractivity contribution in [2.24, 2.45) is 12.8 Å². The van der Waals surface area contributed by atoms with Gasteiger partial charge in [0.15, 0.2) is 0 Å². The first-order valence-corrected chi connectivity index (χ1v) is 7.45. The lowest BCUT2D eigenvalue weighted by molar-refractivity contribution is 0.607. The number of halogens is 2. The maximum atomic E-state index is 13.4. The molecule has 1 heterocycles. The standard InChI is InChI=1S/C15H19BrFN3/c1-4-13-15(16)14(20(3)19-13)8-12(18)11-7-10(17)6-5-9(11)2/h5-7,12H,4,8,18H2,1-3H3. The molecule has 0 saturated carbocycles. The smallest absolute Gasteiger partial charge is 0.123 e. The van der Waals surface area contributed by atoms with E-state index in [0.717, 1.165) is 33.4 Å². The minimum Gasteiger partial charge on any atom is -0.324 e. The van der Waals surface area contributed by atoms with Crippen LogP contribution in [0.3, 0.4) is 0 Å². The van der Waals surface area contributed by atoms with E-state index in [4.69, 9.17) is 5.73 Å². The van der Waals surface area contributed by atoms with E-state index in [9.17, 15) is 4.39 Å². The van der Waals surface area contributed by atoms with Crippen molar-refractivity contribution < 1.29 is 4.39 Å². The Hall–Kier alpha value is -1.20. The van der Waals surface area contributed by atoms with Gasteiger partial charge in [0.1, 0.15) is 5.82 Å². The number of hydrogen-bond acceptors (Lipinski definition) is 2. The number of benzene rings is 1. The Morgan fingerprint density at radius 2 is 2.15 bits per heavy atom. The number of nitrogens with zero attached hydrogens (tertiary/aromatic N) is 2. The van der Waals surface area contributed by atoms with Gasteiger partial charge in [0, 0.05) is 19.5 Å². The monoisotopic (exact) mass is 339 g/mol. The molecular weight excluding hydrogens is 321 g/mol. The molecule has 20 heavy (non-hydrogen) atoms. The average Bonchev–Trinajstić information content (AvgIpc) is 2.68. The number of nitrogens with two attached hydrogens (primary N) is 1. The summed E-state index contributed by atoms with van der Waals surface area (Å²) in [7, 11) is 1.91. The highest BCUT2D eigenvalue weighted by molar-refractivity contribution is 9.10. The Balaban J connectivity index is 2.30. The van der Waals surface area contributed by atoms with Gasteiger partial charge < -0.3 is 5.73 Å². The molecule has 3 nitrogen and oxygen atoms in total. The molecule has 1 unspecified atom stereocenters. The van der Waals surface area contributed by atoms with Crippen LogP contribution in [0.15, 0.2) is 22.7 Å². The van der Waals surface area contributed by atoms with Crippen LogP contribution in [0.4, 0.5) is 4.39 Å². The van der Waals surface area contributed by atoms with Crippen molar-refractivity contribution in [2.45, 2.75) is 32.7 Å². The zero-order valence-electron chi connectivity index (χ0n) is 12.0. The molecule has 2 aromatic rings. The molecular formula is C15H19BrFN3. The van der Waals surface area contributed by atoms with Crippen LogP contribution >= 0.6 is 15.9 Å². The van der Waals surface area contributed by atoms with Crippen LogP contribution in [0.2, 0.25) is 0 Å². The van der Waals surface area contributed by atoms with Gasteiger partial charge in [-0.3, -0.25) is 4.68 Å². The maximum Gasteiger partial charge on any atom is 0.123 e. The topological polar surface area (TPSA) is 43.8 Å². The van der Waals surface area contributed by atoms with Crippen LogP contribution in [0.1, 0.15) is 35.5 Å². The second kappa shape index (κ2) is 6.06. The van der Waals surface area contributed by atoms with Crippen LogP contribution < -0.4 is 5.73 Å². The summed E-state index contributed by atoms with van der Waals surface area (Å²) >= 11 is 3.58. The Labute approximate surface area is 127 Å². The predicted octanol–water partition coefficient (Wildman–Crippen LogP) is 3.44. The molecule has 0 amide bonds. The minimum absolute atomic E-state index is 0.248. The molecule has 1 aromatic carbocycles. The highest BCUT2D eigenvalue weighted by Crippen LogP contribution is 2.27. The number of hydrogen-bond donors (Lipinski definition) is 1. The van der Waals surface area contributed by atoms with Gasteiger partial charge in [-0.2, -0.15) is 5.10 Å². The predicted molar refractivity (Wildman–Crippen MR) is 82.1 cm³/mol. The molecule has 0 aliphatic carbocycles. The van der Waals surface area contributed by atoms with E-state index in [0.29, 0.717) is 6.42 Å². The SMILES string of the molecule is CCc1nn(C)c(CC(N)c2cc(F)ccc2C)c1Br. The Kier molecular flexibility index (Phi) is 4.60. The molecule has 0 aliphatic heterocycles. The van der Waals surface area contributed by atoms with Crippen molar-refractivity contribution in [2.75, 3.05) is 0 Å². The first kappa shape index (κ1) is 15.2. The van der Waals surface area contributed by atoms with Crippen LogP contribution in [0, 0.1) is 12.7 Å². The van der Waals surface area contributed by atoms with Crippen molar-refractivity contribution in [3.63, 3.8) is 0 Å². The van der Waals surface area contributed by atoms with E-state index >= 15 is 0 Å². The van der Waals surface area contributed by atoms with Gasteiger partial charge in [-0.15, -0.1) is 0 Å². The lowest BCUT2D eigenvalue weighted by Gasteiger charge is -2.15. The zero-order chi connectivity index (χ0) is 14.9. The molecule has 0 saturated heterocycles. The summed E-state index contributed by atoms with van der Waals surface area (Å²) in [4.78, 5) is 0. The molecule has 0 fully saturated rings. The summed E-state index contributed by atoms with van der Waals surface area (Å²) in [6, 6.07) is 4.49. The molecule has 1 aromatic heterocycles. The van der Waals surface area contributed by atoms with Crippen LogP contribution in [-0.2, 0) is 19.9 Å². The molecule has 5 heteroatoms. The second-order valence-corrected chi connectivity index (χ2v) is 5.79. The van der Waals surface area contributed by atoms with E-state index in [1.807, 2.05) is 18.7 Å². The lowest BCUT2D eigenvalue weighted by Crippen LogP contribution is -2.17. The molecule has 1 atom stereocenters. The molecule has 2 N–H and O–H groups in total. The van der Waals surface area contributed by atoms with E-state index in [-0.39, 0.29) is 11.9 Å². The van der Waals surface area contributed by atoms with Gasteiger partial charge in [-0.25, -0.2) is 4.39 Å². The molecule has 108 valence electrons. The molecule has 0 radical (unpaired) electrons. The Bertz CT molecular complexity index is 622. The van der Waals surface area contributed by atoms with Gasteiger partial charge in [-0.05, 0) is 52.5 Å². The van der Waals surface area contributed by atoms with Crippen molar-refractivity contribution in [1.29, 1.82) is 0 Å². The van der Waals surface area contributed by atoms with E-state index < -0.39 is 0 Å². The zero-order valence-corrected chi connectivity index (χ0v) is 13.5. The average molecular weight is 340 g/mol. The summed E-state index contributed by atoms with van der Waals surface area (Å²) in [5, 5.41) is 4.46. The Morgan fingerprint density at radius 1 is 1.45 bits per heavy atom. The van der Waals surface area contributed by atoms with Gasteiger partial charge in [0.25, 0.3) is 0 Å². The molecule has 2 rings (SSSR count). The van der Waals surface area contributed by atoms with Crippen molar-refractivity contribution in [1.82, 2.24) is 9.78 Å². The first-order valence-electron chi connectivity index (χ1n) is 6.65. The fourth-order valence-electron chi connectivity index (χ4n) is 2.37. The van der Waals surface area contributed by atoms with Crippen LogP contribution in [0.25, 0.3) is 0 Å². The fourth-order valence-corrected chi connectivity index (χ4v) is 3.15. The van der Waals surface area contributed by atoms with Gasteiger partial charge in [0.05, 0.1) is 15.9 Å². The third kappa shape index (κ3) is 2.94. The molecule has 0 bridgehead atoms. The third-order valence-electron chi connectivity index (χ3n) is 3.56. The van der Waals surface area contributed by atoms with Gasteiger partial charge in [0.2, 0.25) is 0 Å². The summed E-state index contributed by atoms with van der Waals surface area (Å²) in [5.41, 5.74) is 10.2. The number of aryl methyl sites for hydroxylation is 3. The summed E-state index contributed by atoms with van der Waals surface area (Å²) in [6.07, 6.45) is 1.48. The van der Waals surface area contributed by atoms with Crippen LogP contribution in [-0.4, -0.2) is 9.78 Å². The van der Waals surface area contributed by atoms with E-state index in [1.165, 1.54) is 12.1 Å². The first-order chi connectivity index (χ1) is 9.43. The lowest BCUT2D eigenvalue weighted by atomic mass is 9.98. The summed E-state index contributed by atoms with van der Waals surface area (Å²) < 4.78 is 16.2. The Morgan fingerprint density at radius 3 is 2.75 bits per heavy atom. The van der Waals surface area contributed by atoms with Crippen LogP contribution in [0.5, 0.6) is 0 Å². The van der Waals surface area contributed by atoms with Gasteiger partial charge >= 0.3 is 0 Å². The molecule has 0 spiro atoms. The highest BCUT2D eigenvalue weighted by Gasteiger charge is 2.18. The molecule has 0 aliphatic rings.